The Kier molecular flexibility index (Phi) is 8.45. The molecule has 214 valence electrons. The van der Waals surface area contributed by atoms with E-state index in [2.05, 4.69) is 36.3 Å². The largest absolute Gasteiger partial charge is 0.368 e. The van der Waals surface area contributed by atoms with Crippen LogP contribution in [0.15, 0.2) is 42.5 Å². The molecule has 5 rings (SSSR count). The normalized spacial score (nSPS) is 18.6. The van der Waals surface area contributed by atoms with Crippen LogP contribution in [0.3, 0.4) is 0 Å². The monoisotopic (exact) mass is 545 g/mol. The van der Waals surface area contributed by atoms with Gasteiger partial charge in [0.05, 0.1) is 11.4 Å². The lowest BCUT2D eigenvalue weighted by atomic mass is 9.84. The summed E-state index contributed by atoms with van der Waals surface area (Å²) in [4.78, 5) is 45.8. The first kappa shape index (κ1) is 28.1. The molecule has 2 saturated heterocycles. The Labute approximate surface area is 238 Å². The van der Waals surface area contributed by atoms with Crippen LogP contribution in [0.5, 0.6) is 0 Å². The molecule has 2 aliphatic heterocycles. The SMILES string of the molecule is CC(C)(C)c1ccc(C(=O)Nc2cc(C(=O)N3CCNCC3)ccc2N2CCCN(C(=O)C3CCC3)CC2)cc1. The number of nitrogens with zero attached hydrogens (tertiary/aromatic N) is 3. The van der Waals surface area contributed by atoms with Crippen LogP contribution in [0.1, 0.15) is 72.7 Å². The van der Waals surface area contributed by atoms with Gasteiger partial charge in [-0.15, -0.1) is 0 Å². The van der Waals surface area contributed by atoms with Gasteiger partial charge in [0.25, 0.3) is 11.8 Å². The molecule has 0 aromatic heterocycles. The summed E-state index contributed by atoms with van der Waals surface area (Å²) >= 11 is 0. The molecule has 0 spiro atoms. The summed E-state index contributed by atoms with van der Waals surface area (Å²) in [6.07, 6.45) is 4.03. The molecule has 3 fully saturated rings. The van der Waals surface area contributed by atoms with Crippen molar-refractivity contribution >= 4 is 29.1 Å². The second-order valence-corrected chi connectivity index (χ2v) is 12.3. The highest BCUT2D eigenvalue weighted by Crippen LogP contribution is 2.32. The summed E-state index contributed by atoms with van der Waals surface area (Å²) < 4.78 is 0. The molecule has 1 aliphatic carbocycles. The van der Waals surface area contributed by atoms with Crippen LogP contribution in [-0.4, -0.2) is 79.9 Å². The molecule has 0 atom stereocenters. The molecule has 2 N–H and O–H groups in total. The van der Waals surface area contributed by atoms with E-state index in [0.29, 0.717) is 43.0 Å². The van der Waals surface area contributed by atoms with Crippen molar-refractivity contribution in [2.75, 3.05) is 62.6 Å². The van der Waals surface area contributed by atoms with Gasteiger partial charge in [-0.2, -0.15) is 0 Å². The van der Waals surface area contributed by atoms with Gasteiger partial charge in [-0.1, -0.05) is 39.3 Å². The zero-order valence-corrected chi connectivity index (χ0v) is 24.2. The Morgan fingerprint density at radius 2 is 1.50 bits per heavy atom. The highest BCUT2D eigenvalue weighted by molar-refractivity contribution is 6.07. The van der Waals surface area contributed by atoms with Crippen LogP contribution < -0.4 is 15.5 Å². The van der Waals surface area contributed by atoms with Crippen molar-refractivity contribution in [2.45, 2.75) is 51.9 Å². The summed E-state index contributed by atoms with van der Waals surface area (Å²) in [6.45, 7) is 12.2. The number of nitrogens with one attached hydrogen (secondary N) is 2. The fourth-order valence-corrected chi connectivity index (χ4v) is 5.70. The van der Waals surface area contributed by atoms with Crippen LogP contribution in [0.25, 0.3) is 0 Å². The smallest absolute Gasteiger partial charge is 0.255 e. The van der Waals surface area contributed by atoms with Crippen molar-refractivity contribution in [1.29, 1.82) is 0 Å². The summed E-state index contributed by atoms with van der Waals surface area (Å²) in [5.74, 6) is 0.259. The third-order valence-electron chi connectivity index (χ3n) is 8.51. The number of carbonyl (C=O) groups is 3. The van der Waals surface area contributed by atoms with E-state index < -0.39 is 0 Å². The topological polar surface area (TPSA) is 85.0 Å². The van der Waals surface area contributed by atoms with E-state index in [9.17, 15) is 14.4 Å². The fraction of sp³-hybridized carbons (Fsp3) is 0.531. The highest BCUT2D eigenvalue weighted by Gasteiger charge is 2.31. The number of anilines is 2. The first-order valence-corrected chi connectivity index (χ1v) is 14.8. The number of amides is 3. The molecule has 8 heteroatoms. The molecule has 2 heterocycles. The van der Waals surface area contributed by atoms with E-state index in [1.54, 1.807) is 0 Å². The molecule has 40 heavy (non-hydrogen) atoms. The Balaban J connectivity index is 1.38. The minimum atomic E-state index is -0.204. The van der Waals surface area contributed by atoms with Crippen molar-refractivity contribution in [3.63, 3.8) is 0 Å². The fourth-order valence-electron chi connectivity index (χ4n) is 5.70. The van der Waals surface area contributed by atoms with Gasteiger partial charge >= 0.3 is 0 Å². The Bertz CT molecular complexity index is 1230. The van der Waals surface area contributed by atoms with Gasteiger partial charge in [0.1, 0.15) is 0 Å². The molecule has 3 amide bonds. The van der Waals surface area contributed by atoms with Crippen molar-refractivity contribution in [2.24, 2.45) is 5.92 Å². The summed E-state index contributed by atoms with van der Waals surface area (Å²) in [7, 11) is 0. The van der Waals surface area contributed by atoms with E-state index in [1.165, 1.54) is 5.56 Å². The molecule has 2 aromatic carbocycles. The lowest BCUT2D eigenvalue weighted by Crippen LogP contribution is -2.46. The predicted molar refractivity (Wildman–Crippen MR) is 159 cm³/mol. The standard InChI is InChI=1S/C32H43N5O3/c1-32(2,3)26-11-8-23(9-12-26)29(38)34-27-22-25(31(40)37-18-14-33-15-19-37)10-13-28(27)35-16-5-17-36(21-20-35)30(39)24-6-4-7-24/h8-13,22,24,33H,4-7,14-21H2,1-3H3,(H,34,38). The van der Waals surface area contributed by atoms with Crippen LogP contribution in [0, 0.1) is 5.92 Å². The molecular weight excluding hydrogens is 502 g/mol. The summed E-state index contributed by atoms with van der Waals surface area (Å²) in [6, 6.07) is 13.4. The van der Waals surface area contributed by atoms with E-state index in [-0.39, 0.29) is 29.1 Å². The molecule has 0 bridgehead atoms. The van der Waals surface area contributed by atoms with Gasteiger partial charge in [0.2, 0.25) is 5.91 Å². The average molecular weight is 546 g/mol. The average Bonchev–Trinajstić information content (AvgIpc) is 3.18. The predicted octanol–water partition coefficient (Wildman–Crippen LogP) is 4.12. The molecule has 3 aliphatic rings. The van der Waals surface area contributed by atoms with Gasteiger partial charge < -0.3 is 25.3 Å². The van der Waals surface area contributed by atoms with Crippen molar-refractivity contribution in [3.8, 4) is 0 Å². The van der Waals surface area contributed by atoms with E-state index in [4.69, 9.17) is 0 Å². The third-order valence-corrected chi connectivity index (χ3v) is 8.51. The third kappa shape index (κ3) is 6.33. The van der Waals surface area contributed by atoms with Gasteiger partial charge in [0.15, 0.2) is 0 Å². The Morgan fingerprint density at radius 3 is 2.15 bits per heavy atom. The summed E-state index contributed by atoms with van der Waals surface area (Å²) in [5, 5.41) is 6.42. The van der Waals surface area contributed by atoms with Crippen LogP contribution in [-0.2, 0) is 10.2 Å². The first-order chi connectivity index (χ1) is 19.2. The minimum Gasteiger partial charge on any atom is -0.368 e. The van der Waals surface area contributed by atoms with Gasteiger partial charge in [0, 0.05) is 69.4 Å². The maximum absolute atomic E-state index is 13.4. The number of piperazine rings is 1. The Morgan fingerprint density at radius 1 is 0.800 bits per heavy atom. The molecule has 1 saturated carbocycles. The number of hydrogen-bond donors (Lipinski definition) is 2. The summed E-state index contributed by atoms with van der Waals surface area (Å²) in [5.41, 5.74) is 3.83. The van der Waals surface area contributed by atoms with Crippen LogP contribution in [0.4, 0.5) is 11.4 Å². The maximum Gasteiger partial charge on any atom is 0.255 e. The molecule has 8 nitrogen and oxygen atoms in total. The number of hydrogen-bond acceptors (Lipinski definition) is 5. The highest BCUT2D eigenvalue weighted by atomic mass is 16.2. The zero-order chi connectivity index (χ0) is 28.3. The van der Waals surface area contributed by atoms with Crippen molar-refractivity contribution < 1.29 is 14.4 Å². The number of rotatable bonds is 5. The molecule has 2 aromatic rings. The van der Waals surface area contributed by atoms with E-state index in [0.717, 1.165) is 57.5 Å². The van der Waals surface area contributed by atoms with E-state index >= 15 is 0 Å². The number of benzene rings is 2. The minimum absolute atomic E-state index is 0.00150. The first-order valence-electron chi connectivity index (χ1n) is 14.8. The van der Waals surface area contributed by atoms with Crippen molar-refractivity contribution in [3.05, 3.63) is 59.2 Å². The van der Waals surface area contributed by atoms with Gasteiger partial charge in [-0.05, 0) is 60.6 Å². The van der Waals surface area contributed by atoms with Crippen LogP contribution >= 0.6 is 0 Å². The maximum atomic E-state index is 13.4. The lowest BCUT2D eigenvalue weighted by Gasteiger charge is -2.31. The van der Waals surface area contributed by atoms with Gasteiger partial charge in [-0.3, -0.25) is 14.4 Å². The van der Waals surface area contributed by atoms with Crippen LogP contribution in [0.2, 0.25) is 0 Å². The molecule has 0 unspecified atom stereocenters. The second-order valence-electron chi connectivity index (χ2n) is 12.3. The van der Waals surface area contributed by atoms with E-state index in [1.807, 2.05) is 52.3 Å². The zero-order valence-electron chi connectivity index (χ0n) is 24.2. The molecular formula is C32H43N5O3. The quantitative estimate of drug-likeness (QED) is 0.591. The number of carbonyl (C=O) groups excluding carboxylic acids is 3. The lowest BCUT2D eigenvalue weighted by molar-refractivity contribution is -0.137. The molecule has 0 radical (unpaired) electrons. The van der Waals surface area contributed by atoms with Gasteiger partial charge in [-0.25, -0.2) is 0 Å². The second kappa shape index (κ2) is 12.0. The van der Waals surface area contributed by atoms with Crippen molar-refractivity contribution in [1.82, 2.24) is 15.1 Å². The Hall–Kier alpha value is -3.39.